The van der Waals surface area contributed by atoms with Crippen LogP contribution in [-0.2, 0) is 0 Å². The molecule has 1 aliphatic rings. The molecular weight excluding hydrogens is 278 g/mol. The molecular formula is C17H17N3O2. The minimum absolute atomic E-state index is 0.284. The highest BCUT2D eigenvalue weighted by Crippen LogP contribution is 2.26. The third kappa shape index (κ3) is 2.48. The average molecular weight is 295 g/mol. The zero-order valence-electron chi connectivity index (χ0n) is 12.4. The number of rotatable bonds is 4. The van der Waals surface area contributed by atoms with Gasteiger partial charge in [0, 0.05) is 11.7 Å². The van der Waals surface area contributed by atoms with Crippen LogP contribution in [0.3, 0.4) is 0 Å². The standard InChI is InChI=1S/C17H17N3O2/c1-10-8-13(7-6-11(10)9-18)20-15-14(16(21)17(15)22)19-12-4-2-3-5-12/h6-8,12,19-20H,2-5H2,1H3. The topological polar surface area (TPSA) is 82.0 Å². The monoisotopic (exact) mass is 295 g/mol. The first-order valence-electron chi connectivity index (χ1n) is 7.48. The van der Waals surface area contributed by atoms with Crippen molar-refractivity contribution in [3.8, 4) is 6.07 Å². The van der Waals surface area contributed by atoms with E-state index in [1.54, 1.807) is 18.2 Å². The minimum atomic E-state index is -0.484. The summed E-state index contributed by atoms with van der Waals surface area (Å²) in [4.78, 5) is 23.6. The smallest absolute Gasteiger partial charge is 0.253 e. The van der Waals surface area contributed by atoms with Gasteiger partial charge in [-0.2, -0.15) is 5.26 Å². The van der Waals surface area contributed by atoms with E-state index in [1.165, 1.54) is 0 Å². The number of nitrogens with zero attached hydrogens (tertiary/aromatic N) is 1. The molecule has 22 heavy (non-hydrogen) atoms. The van der Waals surface area contributed by atoms with Gasteiger partial charge in [0.1, 0.15) is 11.4 Å². The van der Waals surface area contributed by atoms with Crippen molar-refractivity contribution in [1.29, 1.82) is 5.26 Å². The van der Waals surface area contributed by atoms with Crippen molar-refractivity contribution < 1.29 is 0 Å². The second-order valence-corrected chi connectivity index (χ2v) is 5.80. The van der Waals surface area contributed by atoms with Gasteiger partial charge >= 0.3 is 0 Å². The van der Waals surface area contributed by atoms with Crippen LogP contribution in [0.2, 0.25) is 0 Å². The fourth-order valence-electron chi connectivity index (χ4n) is 2.93. The molecule has 0 aromatic heterocycles. The van der Waals surface area contributed by atoms with Crippen LogP contribution in [0.15, 0.2) is 27.8 Å². The number of anilines is 3. The van der Waals surface area contributed by atoms with Crippen molar-refractivity contribution in [1.82, 2.24) is 0 Å². The first-order valence-corrected chi connectivity index (χ1v) is 7.48. The Hall–Kier alpha value is -2.61. The van der Waals surface area contributed by atoms with E-state index >= 15 is 0 Å². The molecule has 1 fully saturated rings. The maximum absolute atomic E-state index is 11.8. The van der Waals surface area contributed by atoms with Crippen LogP contribution < -0.4 is 21.5 Å². The van der Waals surface area contributed by atoms with E-state index in [4.69, 9.17) is 5.26 Å². The van der Waals surface area contributed by atoms with Crippen LogP contribution in [-0.4, -0.2) is 6.04 Å². The lowest BCUT2D eigenvalue weighted by Crippen LogP contribution is -2.38. The summed E-state index contributed by atoms with van der Waals surface area (Å²) in [7, 11) is 0. The van der Waals surface area contributed by atoms with E-state index in [0.717, 1.165) is 31.2 Å². The van der Waals surface area contributed by atoms with Crippen LogP contribution in [0.5, 0.6) is 0 Å². The molecule has 0 bridgehead atoms. The van der Waals surface area contributed by atoms with E-state index in [0.29, 0.717) is 22.6 Å². The highest BCUT2D eigenvalue weighted by molar-refractivity contribution is 5.79. The fourth-order valence-corrected chi connectivity index (χ4v) is 2.93. The third-order valence-corrected chi connectivity index (χ3v) is 4.23. The molecule has 0 atom stereocenters. The lowest BCUT2D eigenvalue weighted by molar-refractivity contribution is 0.753. The van der Waals surface area contributed by atoms with Crippen molar-refractivity contribution in [2.45, 2.75) is 38.6 Å². The van der Waals surface area contributed by atoms with Gasteiger partial charge < -0.3 is 10.6 Å². The lowest BCUT2D eigenvalue weighted by Gasteiger charge is -2.19. The number of hydrogen-bond donors (Lipinski definition) is 2. The van der Waals surface area contributed by atoms with E-state index in [2.05, 4.69) is 16.7 Å². The Balaban J connectivity index is 1.82. The van der Waals surface area contributed by atoms with Crippen LogP contribution >= 0.6 is 0 Å². The Labute approximate surface area is 128 Å². The molecule has 0 spiro atoms. The zero-order chi connectivity index (χ0) is 15.7. The summed E-state index contributed by atoms with van der Waals surface area (Å²) in [6, 6.07) is 7.63. The number of nitrogens with one attached hydrogen (secondary N) is 2. The summed E-state index contributed by atoms with van der Waals surface area (Å²) < 4.78 is 0. The summed E-state index contributed by atoms with van der Waals surface area (Å²) >= 11 is 0. The molecule has 0 heterocycles. The van der Waals surface area contributed by atoms with Gasteiger partial charge in [0.25, 0.3) is 10.9 Å². The zero-order valence-corrected chi connectivity index (χ0v) is 12.4. The second kappa shape index (κ2) is 5.64. The highest BCUT2D eigenvalue weighted by Gasteiger charge is 2.25. The van der Waals surface area contributed by atoms with Crippen molar-refractivity contribution in [2.75, 3.05) is 10.6 Å². The van der Waals surface area contributed by atoms with Crippen molar-refractivity contribution in [3.63, 3.8) is 0 Å². The molecule has 5 nitrogen and oxygen atoms in total. The summed E-state index contributed by atoms with van der Waals surface area (Å²) in [5.41, 5.74) is 1.94. The molecule has 5 heteroatoms. The molecule has 0 aliphatic heterocycles. The van der Waals surface area contributed by atoms with Crippen LogP contribution in [0.4, 0.5) is 17.1 Å². The largest absolute Gasteiger partial charge is 0.377 e. The van der Waals surface area contributed by atoms with Crippen LogP contribution in [0, 0.1) is 18.3 Å². The molecule has 2 aromatic rings. The maximum Gasteiger partial charge on any atom is 0.253 e. The molecule has 2 N–H and O–H groups in total. The van der Waals surface area contributed by atoms with E-state index in [-0.39, 0.29) is 6.04 Å². The molecule has 2 aromatic carbocycles. The Morgan fingerprint density at radius 3 is 2.45 bits per heavy atom. The highest BCUT2D eigenvalue weighted by atomic mass is 16.2. The number of hydrogen-bond acceptors (Lipinski definition) is 5. The SMILES string of the molecule is Cc1cc(Nc2c(NC3CCCC3)c(=O)c2=O)ccc1C#N. The van der Waals surface area contributed by atoms with Gasteiger partial charge in [-0.25, -0.2) is 0 Å². The predicted molar refractivity (Wildman–Crippen MR) is 86.4 cm³/mol. The third-order valence-electron chi connectivity index (χ3n) is 4.23. The van der Waals surface area contributed by atoms with Gasteiger partial charge in [0.15, 0.2) is 0 Å². The van der Waals surface area contributed by atoms with Crippen molar-refractivity contribution in [2.24, 2.45) is 0 Å². The van der Waals surface area contributed by atoms with Gasteiger partial charge in [-0.1, -0.05) is 12.8 Å². The second-order valence-electron chi connectivity index (χ2n) is 5.80. The molecule has 0 radical (unpaired) electrons. The summed E-state index contributed by atoms with van der Waals surface area (Å²) in [6.07, 6.45) is 4.39. The van der Waals surface area contributed by atoms with Crippen LogP contribution in [0.1, 0.15) is 36.8 Å². The summed E-state index contributed by atoms with van der Waals surface area (Å²) in [6.45, 7) is 1.84. The Kier molecular flexibility index (Phi) is 3.68. The van der Waals surface area contributed by atoms with Crippen molar-refractivity contribution >= 4 is 17.1 Å². The number of nitriles is 1. The molecule has 1 saturated carbocycles. The Morgan fingerprint density at radius 2 is 1.82 bits per heavy atom. The van der Waals surface area contributed by atoms with E-state index in [9.17, 15) is 9.59 Å². The number of aryl methyl sites for hydroxylation is 1. The maximum atomic E-state index is 11.8. The Morgan fingerprint density at radius 1 is 1.14 bits per heavy atom. The Bertz CT molecular complexity index is 819. The normalized spacial score (nSPS) is 14.9. The predicted octanol–water partition coefficient (Wildman–Crippen LogP) is 2.56. The molecule has 1 aliphatic carbocycles. The molecule has 112 valence electrons. The van der Waals surface area contributed by atoms with Crippen LogP contribution in [0.25, 0.3) is 0 Å². The van der Waals surface area contributed by atoms with E-state index in [1.807, 2.05) is 6.92 Å². The van der Waals surface area contributed by atoms with Gasteiger partial charge in [0.05, 0.1) is 11.6 Å². The first-order chi connectivity index (χ1) is 10.6. The number of benzene rings is 1. The fraction of sp³-hybridized carbons (Fsp3) is 0.353. The minimum Gasteiger partial charge on any atom is -0.377 e. The lowest BCUT2D eigenvalue weighted by atomic mass is 10.1. The quantitative estimate of drug-likeness (QED) is 0.847. The molecule has 3 rings (SSSR count). The first kappa shape index (κ1) is 14.3. The van der Waals surface area contributed by atoms with E-state index < -0.39 is 10.9 Å². The molecule has 0 saturated heterocycles. The van der Waals surface area contributed by atoms with Gasteiger partial charge in [-0.05, 0) is 43.5 Å². The summed E-state index contributed by atoms with van der Waals surface area (Å²) in [5, 5.41) is 15.1. The average Bonchev–Trinajstić information content (AvgIpc) is 3.03. The van der Waals surface area contributed by atoms with Crippen molar-refractivity contribution in [3.05, 3.63) is 49.8 Å². The summed E-state index contributed by atoms with van der Waals surface area (Å²) in [5.74, 6) is 0. The van der Waals surface area contributed by atoms with Gasteiger partial charge in [-0.3, -0.25) is 9.59 Å². The molecule has 0 unspecified atom stereocenters. The van der Waals surface area contributed by atoms with Gasteiger partial charge in [0.2, 0.25) is 0 Å². The van der Waals surface area contributed by atoms with Gasteiger partial charge in [-0.15, -0.1) is 0 Å². The molecule has 0 amide bonds.